The molecule has 98 valence electrons. The number of benzene rings is 1. The SMILES string of the molecule is Cl.O=C1Nc2c(Br)cccc2C1C1CCNCC1. The van der Waals surface area contributed by atoms with Crippen LogP contribution in [-0.2, 0) is 4.79 Å². The number of fused-ring (bicyclic) bond motifs is 1. The lowest BCUT2D eigenvalue weighted by atomic mass is 9.81. The van der Waals surface area contributed by atoms with Crippen LogP contribution in [0.3, 0.4) is 0 Å². The van der Waals surface area contributed by atoms with E-state index in [0.717, 1.165) is 41.7 Å². The minimum Gasteiger partial charge on any atom is -0.324 e. The zero-order valence-corrected chi connectivity index (χ0v) is 12.3. The molecule has 5 heteroatoms. The van der Waals surface area contributed by atoms with Gasteiger partial charge in [-0.3, -0.25) is 4.79 Å². The Balaban J connectivity index is 0.00000120. The number of rotatable bonds is 1. The first-order chi connectivity index (χ1) is 8.27. The van der Waals surface area contributed by atoms with Gasteiger partial charge in [-0.1, -0.05) is 12.1 Å². The fraction of sp³-hybridized carbons (Fsp3) is 0.462. The van der Waals surface area contributed by atoms with Crippen LogP contribution in [0.2, 0.25) is 0 Å². The van der Waals surface area contributed by atoms with Crippen LogP contribution in [0.25, 0.3) is 0 Å². The van der Waals surface area contributed by atoms with Gasteiger partial charge in [0.15, 0.2) is 0 Å². The lowest BCUT2D eigenvalue weighted by molar-refractivity contribution is -0.118. The van der Waals surface area contributed by atoms with Crippen LogP contribution in [0.4, 0.5) is 5.69 Å². The summed E-state index contributed by atoms with van der Waals surface area (Å²) in [5, 5.41) is 6.35. The standard InChI is InChI=1S/C13H15BrN2O.ClH/c14-10-3-1-2-9-11(13(17)16-12(9)10)8-4-6-15-7-5-8;/h1-3,8,11,15H,4-7H2,(H,16,17);1H. The molecular formula is C13H16BrClN2O. The number of halogens is 2. The summed E-state index contributed by atoms with van der Waals surface area (Å²) in [5.41, 5.74) is 2.14. The Hall–Kier alpha value is -0.580. The molecule has 3 rings (SSSR count). The van der Waals surface area contributed by atoms with Gasteiger partial charge in [0.2, 0.25) is 5.91 Å². The predicted octanol–water partition coefficient (Wildman–Crippen LogP) is 2.91. The second-order valence-corrected chi connectivity index (χ2v) is 5.61. The van der Waals surface area contributed by atoms with Crippen molar-refractivity contribution in [2.45, 2.75) is 18.8 Å². The van der Waals surface area contributed by atoms with Crippen LogP contribution in [0.15, 0.2) is 22.7 Å². The van der Waals surface area contributed by atoms with E-state index in [4.69, 9.17) is 0 Å². The van der Waals surface area contributed by atoms with E-state index in [-0.39, 0.29) is 24.2 Å². The lowest BCUT2D eigenvalue weighted by Gasteiger charge is -2.26. The minimum atomic E-state index is 0. The topological polar surface area (TPSA) is 41.1 Å². The Morgan fingerprint density at radius 2 is 1.94 bits per heavy atom. The zero-order chi connectivity index (χ0) is 11.8. The van der Waals surface area contributed by atoms with E-state index in [9.17, 15) is 4.79 Å². The van der Waals surface area contributed by atoms with Gasteiger partial charge in [-0.05, 0) is 59.4 Å². The summed E-state index contributed by atoms with van der Waals surface area (Å²) in [6.45, 7) is 2.05. The van der Waals surface area contributed by atoms with Crippen LogP contribution in [0.5, 0.6) is 0 Å². The average molecular weight is 332 g/mol. The fourth-order valence-electron chi connectivity index (χ4n) is 2.92. The molecule has 1 fully saturated rings. The second-order valence-electron chi connectivity index (χ2n) is 4.76. The van der Waals surface area contributed by atoms with Crippen LogP contribution in [0.1, 0.15) is 24.3 Å². The molecule has 0 saturated carbocycles. The number of amides is 1. The van der Waals surface area contributed by atoms with Crippen molar-refractivity contribution in [3.05, 3.63) is 28.2 Å². The van der Waals surface area contributed by atoms with Gasteiger partial charge in [0.05, 0.1) is 11.6 Å². The molecule has 2 aliphatic rings. The van der Waals surface area contributed by atoms with Crippen molar-refractivity contribution >= 4 is 39.9 Å². The average Bonchev–Trinajstić information content (AvgIpc) is 2.68. The van der Waals surface area contributed by atoms with Gasteiger partial charge in [0.1, 0.15) is 0 Å². The Morgan fingerprint density at radius 3 is 2.67 bits per heavy atom. The number of hydrogen-bond acceptors (Lipinski definition) is 2. The summed E-state index contributed by atoms with van der Waals surface area (Å²) in [6.07, 6.45) is 2.17. The predicted molar refractivity (Wildman–Crippen MR) is 78.4 cm³/mol. The van der Waals surface area contributed by atoms with Gasteiger partial charge < -0.3 is 10.6 Å². The highest BCUT2D eigenvalue weighted by Gasteiger charge is 2.37. The first-order valence-electron chi connectivity index (χ1n) is 6.07. The Labute approximate surface area is 121 Å². The molecule has 18 heavy (non-hydrogen) atoms. The summed E-state index contributed by atoms with van der Waals surface area (Å²) in [5.74, 6) is 0.690. The Morgan fingerprint density at radius 1 is 1.22 bits per heavy atom. The van der Waals surface area contributed by atoms with Crippen LogP contribution in [0, 0.1) is 5.92 Å². The molecular weight excluding hydrogens is 316 g/mol. The van der Waals surface area contributed by atoms with E-state index in [1.807, 2.05) is 12.1 Å². The maximum absolute atomic E-state index is 12.1. The van der Waals surface area contributed by atoms with Gasteiger partial charge in [-0.15, -0.1) is 12.4 Å². The van der Waals surface area contributed by atoms with E-state index in [2.05, 4.69) is 32.6 Å². The number of piperidine rings is 1. The number of anilines is 1. The summed E-state index contributed by atoms with van der Waals surface area (Å²) in [6, 6.07) is 6.06. The van der Waals surface area contributed by atoms with E-state index < -0.39 is 0 Å². The van der Waals surface area contributed by atoms with Crippen molar-refractivity contribution in [2.24, 2.45) is 5.92 Å². The van der Waals surface area contributed by atoms with Crippen LogP contribution in [-0.4, -0.2) is 19.0 Å². The quantitative estimate of drug-likeness (QED) is 0.831. The molecule has 0 aromatic heterocycles. The minimum absolute atomic E-state index is 0. The molecule has 2 heterocycles. The van der Waals surface area contributed by atoms with Crippen molar-refractivity contribution in [3.8, 4) is 0 Å². The summed E-state index contributed by atoms with van der Waals surface area (Å²) in [4.78, 5) is 12.1. The maximum Gasteiger partial charge on any atom is 0.232 e. The Kier molecular flexibility index (Phi) is 4.30. The van der Waals surface area contributed by atoms with Gasteiger partial charge in [0, 0.05) is 4.47 Å². The molecule has 1 amide bonds. The van der Waals surface area contributed by atoms with E-state index in [1.165, 1.54) is 0 Å². The molecule has 0 bridgehead atoms. The van der Waals surface area contributed by atoms with E-state index >= 15 is 0 Å². The number of carbonyl (C=O) groups is 1. The highest BCUT2D eigenvalue weighted by molar-refractivity contribution is 9.10. The third-order valence-electron chi connectivity index (χ3n) is 3.77. The van der Waals surface area contributed by atoms with Crippen molar-refractivity contribution in [2.75, 3.05) is 18.4 Å². The second kappa shape index (κ2) is 5.59. The number of carbonyl (C=O) groups excluding carboxylic acids is 1. The summed E-state index contributed by atoms with van der Waals surface area (Å²) >= 11 is 3.50. The normalized spacial score (nSPS) is 23.2. The summed E-state index contributed by atoms with van der Waals surface area (Å²) < 4.78 is 0.986. The van der Waals surface area contributed by atoms with Gasteiger partial charge in [-0.25, -0.2) is 0 Å². The maximum atomic E-state index is 12.1. The largest absolute Gasteiger partial charge is 0.324 e. The molecule has 1 saturated heterocycles. The number of para-hydroxylation sites is 1. The fourth-order valence-corrected chi connectivity index (χ4v) is 3.40. The molecule has 1 aromatic carbocycles. The monoisotopic (exact) mass is 330 g/mol. The highest BCUT2D eigenvalue weighted by atomic mass is 79.9. The molecule has 1 aromatic rings. The van der Waals surface area contributed by atoms with Crippen LogP contribution < -0.4 is 10.6 Å². The van der Waals surface area contributed by atoms with Crippen LogP contribution >= 0.6 is 28.3 Å². The first kappa shape index (κ1) is 13.8. The zero-order valence-electron chi connectivity index (χ0n) is 9.91. The first-order valence-corrected chi connectivity index (χ1v) is 6.86. The molecule has 0 radical (unpaired) electrons. The molecule has 0 aliphatic carbocycles. The van der Waals surface area contributed by atoms with Gasteiger partial charge in [0.25, 0.3) is 0 Å². The number of hydrogen-bond donors (Lipinski definition) is 2. The summed E-state index contributed by atoms with van der Waals surface area (Å²) in [7, 11) is 0. The van der Waals surface area contributed by atoms with E-state index in [1.54, 1.807) is 0 Å². The third-order valence-corrected chi connectivity index (χ3v) is 4.43. The molecule has 3 nitrogen and oxygen atoms in total. The smallest absolute Gasteiger partial charge is 0.232 e. The molecule has 2 aliphatic heterocycles. The highest BCUT2D eigenvalue weighted by Crippen LogP contribution is 2.43. The molecule has 2 N–H and O–H groups in total. The molecule has 1 atom stereocenters. The van der Waals surface area contributed by atoms with E-state index in [0.29, 0.717) is 5.92 Å². The lowest BCUT2D eigenvalue weighted by Crippen LogP contribution is -2.33. The molecule has 1 unspecified atom stereocenters. The van der Waals surface area contributed by atoms with Crippen molar-refractivity contribution < 1.29 is 4.79 Å². The van der Waals surface area contributed by atoms with Crippen molar-refractivity contribution in [1.82, 2.24) is 5.32 Å². The molecule has 0 spiro atoms. The van der Waals surface area contributed by atoms with Gasteiger partial charge >= 0.3 is 0 Å². The third kappa shape index (κ3) is 2.29. The number of nitrogens with one attached hydrogen (secondary N) is 2. The Bertz CT molecular complexity index is 460. The van der Waals surface area contributed by atoms with Crippen molar-refractivity contribution in [1.29, 1.82) is 0 Å². The van der Waals surface area contributed by atoms with Crippen molar-refractivity contribution in [3.63, 3.8) is 0 Å². The van der Waals surface area contributed by atoms with Gasteiger partial charge in [-0.2, -0.15) is 0 Å².